The minimum absolute atomic E-state index is 0.00523. The van der Waals surface area contributed by atoms with Crippen LogP contribution in [0.4, 0.5) is 0 Å². The van der Waals surface area contributed by atoms with Crippen molar-refractivity contribution >= 4 is 23.7 Å². The zero-order valence-corrected chi connectivity index (χ0v) is 20.9. The third-order valence-corrected chi connectivity index (χ3v) is 5.64. The van der Waals surface area contributed by atoms with Gasteiger partial charge in [0.05, 0.1) is 6.10 Å². The van der Waals surface area contributed by atoms with E-state index in [2.05, 4.69) is 16.0 Å². The van der Waals surface area contributed by atoms with Gasteiger partial charge < -0.3 is 42.7 Å². The SMILES string of the molecule is CC(C)C(NC(=O)C(CCCCN)NC(=O)C(Cc1ccc(O)cc1)NC(=O)C(N)C(C)O)C(=O)O. The molecule has 10 N–H and O–H groups in total. The Morgan fingerprint density at radius 1 is 0.889 bits per heavy atom. The zero-order chi connectivity index (χ0) is 27.4. The van der Waals surface area contributed by atoms with Crippen LogP contribution in [0.15, 0.2) is 24.3 Å². The molecule has 12 nitrogen and oxygen atoms in total. The Labute approximate surface area is 210 Å². The molecule has 1 rings (SSSR count). The molecule has 12 heteroatoms. The number of phenols is 1. The van der Waals surface area contributed by atoms with Crippen molar-refractivity contribution in [2.24, 2.45) is 17.4 Å². The van der Waals surface area contributed by atoms with Gasteiger partial charge in [-0.2, -0.15) is 0 Å². The van der Waals surface area contributed by atoms with Crippen LogP contribution in [0.1, 0.15) is 45.6 Å². The van der Waals surface area contributed by atoms with E-state index < -0.39 is 59.9 Å². The summed E-state index contributed by atoms with van der Waals surface area (Å²) in [5, 5.41) is 36.2. The van der Waals surface area contributed by atoms with E-state index in [1.165, 1.54) is 19.1 Å². The van der Waals surface area contributed by atoms with E-state index >= 15 is 0 Å². The number of rotatable bonds is 15. The van der Waals surface area contributed by atoms with Crippen molar-refractivity contribution in [3.63, 3.8) is 0 Å². The first-order valence-electron chi connectivity index (χ1n) is 11.9. The van der Waals surface area contributed by atoms with E-state index in [9.17, 15) is 34.5 Å². The van der Waals surface area contributed by atoms with Gasteiger partial charge >= 0.3 is 5.97 Å². The van der Waals surface area contributed by atoms with Gasteiger partial charge in [0.25, 0.3) is 0 Å². The van der Waals surface area contributed by atoms with Crippen molar-refractivity contribution in [1.82, 2.24) is 16.0 Å². The first kappa shape index (κ1) is 30.8. The second-order valence-corrected chi connectivity index (χ2v) is 9.11. The maximum absolute atomic E-state index is 13.2. The van der Waals surface area contributed by atoms with E-state index in [4.69, 9.17) is 11.5 Å². The third kappa shape index (κ3) is 10.2. The van der Waals surface area contributed by atoms with Gasteiger partial charge in [0.2, 0.25) is 17.7 Å². The Balaban J connectivity index is 3.14. The molecule has 0 saturated heterocycles. The van der Waals surface area contributed by atoms with Crippen LogP contribution in [0, 0.1) is 5.92 Å². The summed E-state index contributed by atoms with van der Waals surface area (Å²) >= 11 is 0. The normalized spacial score (nSPS) is 15.3. The Morgan fingerprint density at radius 2 is 1.44 bits per heavy atom. The van der Waals surface area contributed by atoms with Crippen molar-refractivity contribution in [2.45, 2.75) is 76.7 Å². The molecule has 3 amide bonds. The third-order valence-electron chi connectivity index (χ3n) is 5.64. The number of hydrogen-bond acceptors (Lipinski definition) is 8. The molecule has 202 valence electrons. The maximum Gasteiger partial charge on any atom is 0.326 e. The fraction of sp³-hybridized carbons (Fsp3) is 0.583. The van der Waals surface area contributed by atoms with Crippen LogP contribution in [-0.4, -0.2) is 75.8 Å². The van der Waals surface area contributed by atoms with Crippen LogP contribution in [0.3, 0.4) is 0 Å². The minimum atomic E-state index is -1.29. The highest BCUT2D eigenvalue weighted by atomic mass is 16.4. The Kier molecular flexibility index (Phi) is 12.9. The molecular formula is C24H39N5O7. The van der Waals surface area contributed by atoms with E-state index in [1.54, 1.807) is 26.0 Å². The van der Waals surface area contributed by atoms with Gasteiger partial charge in [-0.1, -0.05) is 26.0 Å². The van der Waals surface area contributed by atoms with Crippen LogP contribution >= 0.6 is 0 Å². The van der Waals surface area contributed by atoms with Crippen molar-refractivity contribution in [3.05, 3.63) is 29.8 Å². The van der Waals surface area contributed by atoms with Gasteiger partial charge in [-0.25, -0.2) is 4.79 Å². The zero-order valence-electron chi connectivity index (χ0n) is 20.9. The predicted octanol–water partition coefficient (Wildman–Crippen LogP) is -1.03. The Hall–Kier alpha value is -3.22. The molecule has 0 heterocycles. The summed E-state index contributed by atoms with van der Waals surface area (Å²) in [7, 11) is 0. The van der Waals surface area contributed by atoms with Crippen LogP contribution in [0.2, 0.25) is 0 Å². The molecular weight excluding hydrogens is 470 g/mol. The summed E-state index contributed by atoms with van der Waals surface area (Å²) in [4.78, 5) is 50.2. The van der Waals surface area contributed by atoms with Gasteiger partial charge in [-0.05, 0) is 56.3 Å². The number of amides is 3. The summed E-state index contributed by atoms with van der Waals surface area (Å²) in [6.45, 7) is 5.01. The topological polar surface area (TPSA) is 217 Å². The first-order valence-corrected chi connectivity index (χ1v) is 11.9. The maximum atomic E-state index is 13.2. The monoisotopic (exact) mass is 509 g/mol. The highest BCUT2D eigenvalue weighted by Crippen LogP contribution is 2.12. The standard InChI is InChI=1S/C24H39N5O7/c1-13(2)20(24(35)36)29-21(32)17(6-4-5-11-25)27-22(33)18(28-23(34)19(26)14(3)30)12-15-7-9-16(31)10-8-15/h7-10,13-14,17-20,30-31H,4-6,11-12,25-26H2,1-3H3,(H,27,33)(H,28,34)(H,29,32)(H,35,36). The van der Waals surface area contributed by atoms with E-state index in [0.717, 1.165) is 0 Å². The summed E-state index contributed by atoms with van der Waals surface area (Å²) < 4.78 is 0. The molecule has 36 heavy (non-hydrogen) atoms. The first-order chi connectivity index (χ1) is 16.9. The fourth-order valence-electron chi connectivity index (χ4n) is 3.37. The molecule has 0 aliphatic heterocycles. The Morgan fingerprint density at radius 3 is 1.94 bits per heavy atom. The molecule has 1 aromatic carbocycles. The Bertz CT molecular complexity index is 876. The highest BCUT2D eigenvalue weighted by Gasteiger charge is 2.31. The summed E-state index contributed by atoms with van der Waals surface area (Å²) in [6, 6.07) is 1.31. The van der Waals surface area contributed by atoms with Crippen LogP contribution < -0.4 is 27.4 Å². The molecule has 0 aromatic heterocycles. The number of carboxylic acid groups (broad SMARTS) is 1. The number of aliphatic hydroxyl groups excluding tert-OH is 1. The number of benzene rings is 1. The molecule has 0 spiro atoms. The molecule has 0 aliphatic carbocycles. The number of nitrogens with two attached hydrogens (primary N) is 2. The van der Waals surface area contributed by atoms with E-state index in [0.29, 0.717) is 24.9 Å². The number of carbonyl (C=O) groups excluding carboxylic acids is 3. The van der Waals surface area contributed by atoms with Crippen molar-refractivity contribution in [2.75, 3.05) is 6.54 Å². The number of aliphatic hydroxyl groups is 1. The largest absolute Gasteiger partial charge is 0.508 e. The summed E-state index contributed by atoms with van der Waals surface area (Å²) in [5.74, 6) is -3.70. The second kappa shape index (κ2) is 15.0. The van der Waals surface area contributed by atoms with Crippen LogP contribution in [0.5, 0.6) is 5.75 Å². The number of unbranched alkanes of at least 4 members (excludes halogenated alkanes) is 1. The lowest BCUT2D eigenvalue weighted by Crippen LogP contribution is -2.59. The predicted molar refractivity (Wildman–Crippen MR) is 133 cm³/mol. The van der Waals surface area contributed by atoms with Gasteiger partial charge in [0, 0.05) is 6.42 Å². The number of aromatic hydroxyl groups is 1. The lowest BCUT2D eigenvalue weighted by molar-refractivity contribution is -0.143. The summed E-state index contributed by atoms with van der Waals surface area (Å²) in [5.41, 5.74) is 11.9. The van der Waals surface area contributed by atoms with Crippen molar-refractivity contribution in [3.8, 4) is 5.75 Å². The minimum Gasteiger partial charge on any atom is -0.508 e. The highest BCUT2D eigenvalue weighted by molar-refractivity contribution is 5.94. The van der Waals surface area contributed by atoms with E-state index in [-0.39, 0.29) is 18.6 Å². The number of carbonyl (C=O) groups is 4. The number of hydrogen-bond donors (Lipinski definition) is 8. The number of nitrogens with one attached hydrogen (secondary N) is 3. The van der Waals surface area contributed by atoms with Gasteiger partial charge in [-0.3, -0.25) is 14.4 Å². The smallest absolute Gasteiger partial charge is 0.326 e. The number of phenolic OH excluding ortho intramolecular Hbond substituents is 1. The summed E-state index contributed by atoms with van der Waals surface area (Å²) in [6.07, 6.45) is 0.123. The van der Waals surface area contributed by atoms with Crippen molar-refractivity contribution < 1.29 is 34.5 Å². The average Bonchev–Trinajstić information content (AvgIpc) is 2.81. The fourth-order valence-corrected chi connectivity index (χ4v) is 3.37. The quantitative estimate of drug-likeness (QED) is 0.135. The molecule has 5 unspecified atom stereocenters. The lowest BCUT2D eigenvalue weighted by atomic mass is 10.0. The molecule has 1 aromatic rings. The lowest BCUT2D eigenvalue weighted by Gasteiger charge is -2.26. The second-order valence-electron chi connectivity index (χ2n) is 9.11. The molecule has 0 bridgehead atoms. The van der Waals surface area contributed by atoms with Crippen LogP contribution in [-0.2, 0) is 25.6 Å². The van der Waals surface area contributed by atoms with Gasteiger partial charge in [0.1, 0.15) is 29.9 Å². The number of aliphatic carboxylic acids is 1. The molecule has 0 aliphatic rings. The van der Waals surface area contributed by atoms with Gasteiger partial charge in [-0.15, -0.1) is 0 Å². The van der Waals surface area contributed by atoms with E-state index in [1.807, 2.05) is 0 Å². The molecule has 0 fully saturated rings. The molecule has 0 saturated carbocycles. The van der Waals surface area contributed by atoms with Crippen molar-refractivity contribution in [1.29, 1.82) is 0 Å². The van der Waals surface area contributed by atoms with Gasteiger partial charge in [0.15, 0.2) is 0 Å². The number of carboxylic acids is 1. The molecule has 0 radical (unpaired) electrons. The van der Waals surface area contributed by atoms with Crippen LogP contribution in [0.25, 0.3) is 0 Å². The molecule has 5 atom stereocenters. The average molecular weight is 510 g/mol.